The first-order valence-corrected chi connectivity index (χ1v) is 8.39. The van der Waals surface area contributed by atoms with Crippen LogP contribution in [0.5, 0.6) is 0 Å². The quantitative estimate of drug-likeness (QED) is 0.735. The normalized spacial score (nSPS) is 12.7. The summed E-state index contributed by atoms with van der Waals surface area (Å²) >= 11 is 6.00. The molecular formula is C19H20ClN3O. The molecule has 0 bridgehead atoms. The molecule has 1 heterocycles. The molecule has 0 aliphatic carbocycles. The monoisotopic (exact) mass is 341 g/mol. The molecule has 124 valence electrons. The van der Waals surface area contributed by atoms with Crippen LogP contribution in [-0.4, -0.2) is 9.97 Å². The van der Waals surface area contributed by atoms with Crippen molar-refractivity contribution < 1.29 is 0 Å². The van der Waals surface area contributed by atoms with Gasteiger partial charge in [-0.25, -0.2) is 4.98 Å². The molecule has 0 fully saturated rings. The molecule has 0 saturated heterocycles. The first-order valence-electron chi connectivity index (χ1n) is 8.01. The van der Waals surface area contributed by atoms with Crippen LogP contribution < -0.4 is 10.9 Å². The number of aromatic amines is 1. The standard InChI is InChI=1S/C19H20ClN3O/c1-12(2)18(13-6-4-3-5-7-13)21-11-17-22-16-10-14(20)8-9-15(16)19(24)23-17/h3-10,12,18,21H,11H2,1-2H3,(H,22,23,24)/t18-/m1/s1. The van der Waals surface area contributed by atoms with Gasteiger partial charge in [-0.15, -0.1) is 0 Å². The molecule has 3 aromatic rings. The zero-order valence-electron chi connectivity index (χ0n) is 13.7. The number of nitrogens with zero attached hydrogens (tertiary/aromatic N) is 1. The summed E-state index contributed by atoms with van der Waals surface area (Å²) in [6.45, 7) is 4.82. The average molecular weight is 342 g/mol. The minimum atomic E-state index is -0.144. The van der Waals surface area contributed by atoms with E-state index >= 15 is 0 Å². The van der Waals surface area contributed by atoms with E-state index in [2.05, 4.69) is 41.3 Å². The Bertz CT molecular complexity index is 890. The lowest BCUT2D eigenvalue weighted by Crippen LogP contribution is -2.27. The Hall–Kier alpha value is -2.17. The van der Waals surface area contributed by atoms with Crippen LogP contribution in [0.15, 0.2) is 53.3 Å². The van der Waals surface area contributed by atoms with Crippen molar-refractivity contribution in [3.63, 3.8) is 0 Å². The molecule has 3 rings (SSSR count). The molecule has 0 aliphatic heterocycles. The van der Waals surface area contributed by atoms with Crippen LogP contribution in [0.2, 0.25) is 5.02 Å². The van der Waals surface area contributed by atoms with Crippen LogP contribution in [-0.2, 0) is 6.54 Å². The predicted octanol–water partition coefficient (Wildman–Crippen LogP) is 4.06. The van der Waals surface area contributed by atoms with Gasteiger partial charge in [-0.2, -0.15) is 0 Å². The van der Waals surface area contributed by atoms with E-state index in [9.17, 15) is 4.79 Å². The highest BCUT2D eigenvalue weighted by atomic mass is 35.5. The van der Waals surface area contributed by atoms with Gasteiger partial charge in [0.15, 0.2) is 0 Å². The molecule has 2 N–H and O–H groups in total. The molecule has 1 aromatic heterocycles. The van der Waals surface area contributed by atoms with E-state index in [1.54, 1.807) is 18.2 Å². The predicted molar refractivity (Wildman–Crippen MR) is 98.2 cm³/mol. The molecule has 0 aliphatic rings. The Balaban J connectivity index is 1.85. The number of benzene rings is 2. The summed E-state index contributed by atoms with van der Waals surface area (Å²) in [5.41, 5.74) is 1.69. The fourth-order valence-electron chi connectivity index (χ4n) is 2.85. The molecule has 0 radical (unpaired) electrons. The van der Waals surface area contributed by atoms with Gasteiger partial charge in [0.2, 0.25) is 0 Å². The SMILES string of the molecule is CC(C)[C@@H](NCc1nc2cc(Cl)ccc2c(=O)[nH]1)c1ccccc1. The highest BCUT2D eigenvalue weighted by Crippen LogP contribution is 2.21. The van der Waals surface area contributed by atoms with Crippen LogP contribution in [0.25, 0.3) is 10.9 Å². The summed E-state index contributed by atoms with van der Waals surface area (Å²) in [5.74, 6) is 1.02. The maximum atomic E-state index is 12.2. The van der Waals surface area contributed by atoms with Crippen LogP contribution in [0.1, 0.15) is 31.3 Å². The van der Waals surface area contributed by atoms with Crippen molar-refractivity contribution in [1.82, 2.24) is 15.3 Å². The summed E-state index contributed by atoms with van der Waals surface area (Å²) in [6.07, 6.45) is 0. The van der Waals surface area contributed by atoms with E-state index in [0.29, 0.717) is 34.2 Å². The molecule has 4 nitrogen and oxygen atoms in total. The van der Waals surface area contributed by atoms with Crippen molar-refractivity contribution in [2.24, 2.45) is 5.92 Å². The summed E-state index contributed by atoms with van der Waals surface area (Å²) in [5, 5.41) is 4.61. The number of fused-ring (bicyclic) bond motifs is 1. The Morgan fingerprint density at radius 2 is 1.92 bits per heavy atom. The van der Waals surface area contributed by atoms with E-state index in [1.807, 2.05) is 18.2 Å². The van der Waals surface area contributed by atoms with E-state index in [1.165, 1.54) is 5.56 Å². The highest BCUT2D eigenvalue weighted by molar-refractivity contribution is 6.31. The molecule has 0 spiro atoms. The van der Waals surface area contributed by atoms with Gasteiger partial charge in [0.25, 0.3) is 5.56 Å². The summed E-state index contributed by atoms with van der Waals surface area (Å²) in [6, 6.07) is 15.6. The lowest BCUT2D eigenvalue weighted by atomic mass is 9.96. The third-order valence-corrected chi connectivity index (χ3v) is 4.27. The van der Waals surface area contributed by atoms with Crippen molar-refractivity contribution in [2.45, 2.75) is 26.4 Å². The van der Waals surface area contributed by atoms with Gasteiger partial charge in [-0.1, -0.05) is 55.8 Å². The van der Waals surface area contributed by atoms with Gasteiger partial charge in [0, 0.05) is 11.1 Å². The number of hydrogen-bond acceptors (Lipinski definition) is 3. The Kier molecular flexibility index (Phi) is 4.97. The van der Waals surface area contributed by atoms with Crippen molar-refractivity contribution in [3.05, 3.63) is 75.3 Å². The molecule has 1 atom stereocenters. The smallest absolute Gasteiger partial charge is 0.258 e. The van der Waals surface area contributed by atoms with Crippen molar-refractivity contribution in [3.8, 4) is 0 Å². The lowest BCUT2D eigenvalue weighted by molar-refractivity contribution is 0.406. The Labute approximate surface area is 145 Å². The summed E-state index contributed by atoms with van der Waals surface area (Å²) in [7, 11) is 0. The van der Waals surface area contributed by atoms with Gasteiger partial charge in [0.05, 0.1) is 17.4 Å². The summed E-state index contributed by atoms with van der Waals surface area (Å²) < 4.78 is 0. The topological polar surface area (TPSA) is 57.8 Å². The minimum absolute atomic E-state index is 0.144. The zero-order chi connectivity index (χ0) is 17.1. The van der Waals surface area contributed by atoms with Crippen molar-refractivity contribution in [1.29, 1.82) is 0 Å². The number of aromatic nitrogens is 2. The van der Waals surface area contributed by atoms with Crippen LogP contribution in [0, 0.1) is 5.92 Å². The van der Waals surface area contributed by atoms with Gasteiger partial charge >= 0.3 is 0 Å². The molecule has 24 heavy (non-hydrogen) atoms. The number of rotatable bonds is 5. The van der Waals surface area contributed by atoms with E-state index in [4.69, 9.17) is 11.6 Å². The fourth-order valence-corrected chi connectivity index (χ4v) is 3.02. The second-order valence-electron chi connectivity index (χ2n) is 6.19. The second kappa shape index (κ2) is 7.16. The largest absolute Gasteiger partial charge is 0.309 e. The molecule has 0 amide bonds. The Morgan fingerprint density at radius 3 is 2.62 bits per heavy atom. The fraction of sp³-hybridized carbons (Fsp3) is 0.263. The third-order valence-electron chi connectivity index (χ3n) is 4.03. The third kappa shape index (κ3) is 3.66. The molecular weight excluding hydrogens is 322 g/mol. The van der Waals surface area contributed by atoms with Gasteiger partial charge in [-0.3, -0.25) is 4.79 Å². The zero-order valence-corrected chi connectivity index (χ0v) is 14.5. The Morgan fingerprint density at radius 1 is 1.17 bits per heavy atom. The van der Waals surface area contributed by atoms with Gasteiger partial charge in [-0.05, 0) is 29.7 Å². The minimum Gasteiger partial charge on any atom is -0.309 e. The first kappa shape index (κ1) is 16.7. The van der Waals surface area contributed by atoms with Crippen LogP contribution in [0.3, 0.4) is 0 Å². The summed E-state index contributed by atoms with van der Waals surface area (Å²) in [4.78, 5) is 19.6. The maximum Gasteiger partial charge on any atom is 0.258 e. The van der Waals surface area contributed by atoms with E-state index < -0.39 is 0 Å². The van der Waals surface area contributed by atoms with Crippen molar-refractivity contribution in [2.75, 3.05) is 0 Å². The van der Waals surface area contributed by atoms with Crippen molar-refractivity contribution >= 4 is 22.5 Å². The number of nitrogens with one attached hydrogen (secondary N) is 2. The van der Waals surface area contributed by atoms with Crippen LogP contribution in [0.4, 0.5) is 0 Å². The molecule has 2 aromatic carbocycles. The number of halogens is 1. The molecule has 5 heteroatoms. The highest BCUT2D eigenvalue weighted by Gasteiger charge is 2.15. The van der Waals surface area contributed by atoms with Gasteiger partial charge in [0.1, 0.15) is 5.82 Å². The van der Waals surface area contributed by atoms with E-state index in [0.717, 1.165) is 0 Å². The van der Waals surface area contributed by atoms with Gasteiger partial charge < -0.3 is 10.3 Å². The number of H-pyrrole nitrogens is 1. The van der Waals surface area contributed by atoms with Crippen LogP contribution >= 0.6 is 11.6 Å². The lowest BCUT2D eigenvalue weighted by Gasteiger charge is -2.22. The average Bonchev–Trinajstić information content (AvgIpc) is 2.55. The number of hydrogen-bond donors (Lipinski definition) is 2. The van der Waals surface area contributed by atoms with E-state index in [-0.39, 0.29) is 11.6 Å². The second-order valence-corrected chi connectivity index (χ2v) is 6.62. The molecule has 0 saturated carbocycles. The first-order chi connectivity index (χ1) is 11.5. The maximum absolute atomic E-state index is 12.2. The molecule has 0 unspecified atom stereocenters.